The summed E-state index contributed by atoms with van der Waals surface area (Å²) in [6.45, 7) is 1.18. The number of benzene rings is 2. The number of urea groups is 1. The highest BCUT2D eigenvalue weighted by molar-refractivity contribution is 14.1. The fraction of sp³-hybridized carbons (Fsp3) is 0.227. The number of hydrogen-bond acceptors (Lipinski definition) is 3. The van der Waals surface area contributed by atoms with Crippen molar-refractivity contribution in [3.8, 4) is 5.69 Å². The molecule has 164 valence electrons. The van der Waals surface area contributed by atoms with Gasteiger partial charge in [-0.2, -0.15) is 5.10 Å². The number of aromatic nitrogens is 4. The van der Waals surface area contributed by atoms with Gasteiger partial charge in [-0.05, 0) is 87.8 Å². The van der Waals surface area contributed by atoms with Crippen LogP contribution in [-0.4, -0.2) is 43.4 Å². The van der Waals surface area contributed by atoms with Crippen LogP contribution >= 0.6 is 38.5 Å². The minimum absolute atomic E-state index is 0.0261. The SMILES string of the molecule is O=C(Nc1ccc(I)cc1)N1CCC(n2c(=O)[nH]c3c(-n4cc(Br)cn4)cccc32)CC1. The number of likely N-dealkylation sites (tertiary alicyclic amines) is 1. The summed E-state index contributed by atoms with van der Waals surface area (Å²) in [6.07, 6.45) is 5.00. The number of para-hydroxylation sites is 1. The van der Waals surface area contributed by atoms with Crippen LogP contribution in [0.2, 0.25) is 0 Å². The summed E-state index contributed by atoms with van der Waals surface area (Å²) < 4.78 is 5.55. The van der Waals surface area contributed by atoms with Crippen molar-refractivity contribution in [1.82, 2.24) is 24.2 Å². The molecule has 0 spiro atoms. The van der Waals surface area contributed by atoms with Crippen molar-refractivity contribution in [3.63, 3.8) is 0 Å². The Morgan fingerprint density at radius 2 is 1.91 bits per heavy atom. The molecule has 4 aromatic rings. The number of nitrogens with zero attached hydrogens (tertiary/aromatic N) is 4. The molecule has 1 saturated heterocycles. The number of rotatable bonds is 3. The van der Waals surface area contributed by atoms with Crippen molar-refractivity contribution >= 4 is 61.3 Å². The van der Waals surface area contributed by atoms with E-state index in [0.29, 0.717) is 25.9 Å². The van der Waals surface area contributed by atoms with E-state index in [2.05, 4.69) is 53.9 Å². The highest BCUT2D eigenvalue weighted by atomic mass is 127. The molecule has 0 bridgehead atoms. The van der Waals surface area contributed by atoms with Crippen molar-refractivity contribution in [2.45, 2.75) is 18.9 Å². The first-order valence-electron chi connectivity index (χ1n) is 10.2. The molecule has 3 heterocycles. The zero-order chi connectivity index (χ0) is 22.2. The van der Waals surface area contributed by atoms with Crippen molar-refractivity contribution < 1.29 is 4.79 Å². The molecule has 32 heavy (non-hydrogen) atoms. The lowest BCUT2D eigenvalue weighted by molar-refractivity contribution is 0.184. The van der Waals surface area contributed by atoms with Crippen molar-refractivity contribution in [2.75, 3.05) is 18.4 Å². The van der Waals surface area contributed by atoms with Crippen LogP contribution in [0.15, 0.2) is 64.1 Å². The van der Waals surface area contributed by atoms with E-state index in [0.717, 1.165) is 30.5 Å². The Balaban J connectivity index is 1.34. The Kier molecular flexibility index (Phi) is 5.80. The van der Waals surface area contributed by atoms with Gasteiger partial charge in [0, 0.05) is 34.6 Å². The highest BCUT2D eigenvalue weighted by Gasteiger charge is 2.26. The third-order valence-electron chi connectivity index (χ3n) is 5.74. The molecule has 1 aliphatic rings. The minimum atomic E-state index is -0.138. The van der Waals surface area contributed by atoms with Gasteiger partial charge in [0.1, 0.15) is 0 Å². The first-order valence-corrected chi connectivity index (χ1v) is 12.1. The maximum Gasteiger partial charge on any atom is 0.326 e. The molecule has 8 nitrogen and oxygen atoms in total. The lowest BCUT2D eigenvalue weighted by atomic mass is 10.0. The van der Waals surface area contributed by atoms with Crippen LogP contribution in [-0.2, 0) is 0 Å². The quantitative estimate of drug-likeness (QED) is 0.330. The first-order chi connectivity index (χ1) is 15.5. The Bertz CT molecular complexity index is 1330. The standard InChI is InChI=1S/C22H20BrIN6O2/c23-14-12-25-29(13-14)18-2-1-3-19-20(18)27-22(32)30(19)17-8-10-28(11-9-17)21(31)26-16-6-4-15(24)5-7-16/h1-7,12-13,17H,8-11H2,(H,26,31)(H,27,32). The zero-order valence-corrected chi connectivity index (χ0v) is 20.7. The molecule has 1 fully saturated rings. The molecule has 0 aliphatic carbocycles. The van der Waals surface area contributed by atoms with Gasteiger partial charge >= 0.3 is 11.7 Å². The van der Waals surface area contributed by atoms with Crippen molar-refractivity contribution in [3.05, 3.63) is 73.4 Å². The van der Waals surface area contributed by atoms with Crippen molar-refractivity contribution in [1.29, 1.82) is 0 Å². The first kappa shape index (κ1) is 21.3. The number of amides is 2. The second-order valence-electron chi connectivity index (χ2n) is 7.73. The van der Waals surface area contributed by atoms with Crippen LogP contribution in [0.5, 0.6) is 0 Å². The number of nitrogens with one attached hydrogen (secondary N) is 2. The van der Waals surface area contributed by atoms with E-state index in [4.69, 9.17) is 0 Å². The maximum absolute atomic E-state index is 12.9. The topological polar surface area (TPSA) is 88.0 Å². The van der Waals surface area contributed by atoms with E-state index in [-0.39, 0.29) is 17.8 Å². The second kappa shape index (κ2) is 8.74. The van der Waals surface area contributed by atoms with E-state index in [1.807, 2.05) is 53.2 Å². The smallest absolute Gasteiger partial charge is 0.324 e. The molecule has 2 amide bonds. The van der Waals surface area contributed by atoms with Gasteiger partial charge in [0.2, 0.25) is 0 Å². The van der Waals surface area contributed by atoms with E-state index < -0.39 is 0 Å². The monoisotopic (exact) mass is 606 g/mol. The van der Waals surface area contributed by atoms with E-state index in [9.17, 15) is 9.59 Å². The van der Waals surface area contributed by atoms with Gasteiger partial charge in [0.15, 0.2) is 0 Å². The van der Waals surface area contributed by atoms with Gasteiger partial charge in [-0.15, -0.1) is 0 Å². The summed E-state index contributed by atoms with van der Waals surface area (Å²) in [5.41, 5.74) is 3.06. The predicted molar refractivity (Wildman–Crippen MR) is 135 cm³/mol. The van der Waals surface area contributed by atoms with Crippen LogP contribution < -0.4 is 11.0 Å². The largest absolute Gasteiger partial charge is 0.326 e. The zero-order valence-electron chi connectivity index (χ0n) is 17.0. The summed E-state index contributed by atoms with van der Waals surface area (Å²) in [6, 6.07) is 13.4. The molecular weight excluding hydrogens is 587 g/mol. The number of anilines is 1. The number of halogens is 2. The van der Waals surface area contributed by atoms with E-state index in [1.165, 1.54) is 0 Å². The van der Waals surface area contributed by atoms with Gasteiger partial charge in [0.05, 0.1) is 27.4 Å². The Morgan fingerprint density at radius 1 is 1.16 bits per heavy atom. The van der Waals surface area contributed by atoms with Gasteiger partial charge in [-0.3, -0.25) is 4.57 Å². The van der Waals surface area contributed by atoms with E-state index in [1.54, 1.807) is 15.8 Å². The number of carbonyl (C=O) groups excluding carboxylic acids is 1. The molecule has 0 saturated carbocycles. The molecule has 2 aromatic carbocycles. The van der Waals surface area contributed by atoms with Gasteiger partial charge in [0.25, 0.3) is 0 Å². The van der Waals surface area contributed by atoms with Crippen molar-refractivity contribution in [2.24, 2.45) is 0 Å². The van der Waals surface area contributed by atoms with Crippen LogP contribution in [0.25, 0.3) is 16.7 Å². The van der Waals surface area contributed by atoms with Crippen LogP contribution in [0, 0.1) is 3.57 Å². The average molecular weight is 607 g/mol. The Labute approximate surface area is 205 Å². The number of aromatic amines is 1. The summed E-state index contributed by atoms with van der Waals surface area (Å²) in [5, 5.41) is 7.30. The molecule has 2 aromatic heterocycles. The number of H-pyrrole nitrogens is 1. The number of carbonyl (C=O) groups is 1. The number of fused-ring (bicyclic) bond motifs is 1. The normalized spacial score (nSPS) is 14.8. The third kappa shape index (κ3) is 4.08. The fourth-order valence-electron chi connectivity index (χ4n) is 4.18. The molecule has 2 N–H and O–H groups in total. The van der Waals surface area contributed by atoms with Crippen LogP contribution in [0.4, 0.5) is 10.5 Å². The summed E-state index contributed by atoms with van der Waals surface area (Å²) >= 11 is 5.65. The lowest BCUT2D eigenvalue weighted by Gasteiger charge is -2.32. The Morgan fingerprint density at radius 3 is 2.59 bits per heavy atom. The molecule has 1 aliphatic heterocycles. The summed E-state index contributed by atoms with van der Waals surface area (Å²) in [4.78, 5) is 30.4. The Hall–Kier alpha value is -2.60. The lowest BCUT2D eigenvalue weighted by Crippen LogP contribution is -2.42. The average Bonchev–Trinajstić information content (AvgIpc) is 3.37. The second-order valence-corrected chi connectivity index (χ2v) is 9.89. The van der Waals surface area contributed by atoms with E-state index >= 15 is 0 Å². The van der Waals surface area contributed by atoms with Gasteiger partial charge in [-0.25, -0.2) is 14.3 Å². The fourth-order valence-corrected chi connectivity index (χ4v) is 4.83. The molecule has 0 radical (unpaired) electrons. The molecule has 0 atom stereocenters. The van der Waals surface area contributed by atoms with Gasteiger partial charge in [-0.1, -0.05) is 6.07 Å². The highest BCUT2D eigenvalue weighted by Crippen LogP contribution is 2.28. The molecular formula is C22H20BrIN6O2. The minimum Gasteiger partial charge on any atom is -0.324 e. The summed E-state index contributed by atoms with van der Waals surface area (Å²) in [5.74, 6) is 0. The molecule has 0 unspecified atom stereocenters. The number of piperidine rings is 1. The molecule has 10 heteroatoms. The summed E-state index contributed by atoms with van der Waals surface area (Å²) in [7, 11) is 0. The van der Waals surface area contributed by atoms with Crippen LogP contribution in [0.3, 0.4) is 0 Å². The third-order valence-corrected chi connectivity index (χ3v) is 6.87. The maximum atomic E-state index is 12.9. The number of hydrogen-bond donors (Lipinski definition) is 2. The number of imidazole rings is 1. The molecule has 5 rings (SSSR count). The van der Waals surface area contributed by atoms with Crippen LogP contribution in [0.1, 0.15) is 18.9 Å². The predicted octanol–water partition coefficient (Wildman–Crippen LogP) is 4.75. The van der Waals surface area contributed by atoms with Gasteiger partial charge < -0.3 is 15.2 Å².